The third-order valence-electron chi connectivity index (χ3n) is 5.47. The van der Waals surface area contributed by atoms with Gasteiger partial charge in [0.15, 0.2) is 0 Å². The molecule has 1 aromatic carbocycles. The number of nitrogens with one attached hydrogen (secondary N) is 3. The quantitative estimate of drug-likeness (QED) is 0.491. The van der Waals surface area contributed by atoms with Crippen LogP contribution < -0.4 is 5.32 Å². The Balaban J connectivity index is 1.46. The normalized spacial score (nSPS) is 16.4. The first-order chi connectivity index (χ1) is 15.1. The van der Waals surface area contributed by atoms with Crippen molar-refractivity contribution >= 4 is 17.2 Å². The van der Waals surface area contributed by atoms with E-state index in [2.05, 4.69) is 39.7 Å². The minimum absolute atomic E-state index is 0.0458. The molecule has 3 aromatic rings. The third-order valence-corrected chi connectivity index (χ3v) is 5.47. The van der Waals surface area contributed by atoms with Gasteiger partial charge in [-0.3, -0.25) is 14.9 Å². The van der Waals surface area contributed by atoms with E-state index in [1.165, 1.54) is 0 Å². The van der Waals surface area contributed by atoms with E-state index in [4.69, 9.17) is 10.1 Å². The number of aromatic amines is 1. The topological polar surface area (TPSA) is 95.8 Å². The van der Waals surface area contributed by atoms with Gasteiger partial charge in [-0.2, -0.15) is 5.10 Å². The van der Waals surface area contributed by atoms with Crippen LogP contribution in [0, 0.1) is 11.3 Å². The Morgan fingerprint density at radius 1 is 1.32 bits per heavy atom. The van der Waals surface area contributed by atoms with Gasteiger partial charge >= 0.3 is 0 Å². The first kappa shape index (κ1) is 20.8. The molecule has 160 valence electrons. The summed E-state index contributed by atoms with van der Waals surface area (Å²) in [6.45, 7) is 1.96. The minimum atomic E-state index is -0.358. The maximum Gasteiger partial charge on any atom is 0.269 e. The van der Waals surface area contributed by atoms with E-state index in [-0.39, 0.29) is 11.6 Å². The molecule has 0 radical (unpaired) electrons. The Hall–Kier alpha value is -3.45. The monoisotopic (exact) mass is 417 g/mol. The van der Waals surface area contributed by atoms with Gasteiger partial charge in [-0.15, -0.1) is 0 Å². The number of H-pyrrole nitrogens is 1. The lowest BCUT2D eigenvalue weighted by molar-refractivity contribution is -0.114. The summed E-state index contributed by atoms with van der Waals surface area (Å²) in [4.78, 5) is 15.6. The summed E-state index contributed by atoms with van der Waals surface area (Å²) in [6, 6.07) is 12.2. The first-order valence-corrected chi connectivity index (χ1v) is 10.5. The lowest BCUT2D eigenvalue weighted by Gasteiger charge is -2.11. The summed E-state index contributed by atoms with van der Waals surface area (Å²) in [5, 5.41) is 15.4. The van der Waals surface area contributed by atoms with Crippen LogP contribution >= 0.6 is 0 Å². The SMILES string of the molecule is Cn1cc(-c2ccc(C/C(=C/C(=N)C(=O)NCC3CCOC3)c3ccc[nH]3)cc2)cn1. The zero-order valence-corrected chi connectivity index (χ0v) is 17.6. The standard InChI is InChI=1S/C24H27N5O2/c1-29-15-21(14-28-29)19-6-4-17(5-7-19)11-20(23-3-2-9-26-23)12-22(25)24(30)27-13-18-8-10-31-16-18/h2-7,9,12,14-15,18,25-26H,8,10-11,13,16H2,1H3,(H,27,30)/b20-12-,25-22?. The van der Waals surface area contributed by atoms with Crippen molar-refractivity contribution in [3.8, 4) is 11.1 Å². The van der Waals surface area contributed by atoms with Gasteiger partial charge in [-0.05, 0) is 47.8 Å². The van der Waals surface area contributed by atoms with Crippen LogP contribution in [-0.4, -0.2) is 46.1 Å². The molecule has 1 fully saturated rings. The number of benzene rings is 1. The average molecular weight is 418 g/mol. The first-order valence-electron chi connectivity index (χ1n) is 10.5. The van der Waals surface area contributed by atoms with Gasteiger partial charge in [-0.1, -0.05) is 24.3 Å². The summed E-state index contributed by atoms with van der Waals surface area (Å²) >= 11 is 0. The molecule has 31 heavy (non-hydrogen) atoms. The number of rotatable bonds is 8. The van der Waals surface area contributed by atoms with Gasteiger partial charge in [0.1, 0.15) is 5.71 Å². The number of ether oxygens (including phenoxy) is 1. The molecule has 3 N–H and O–H groups in total. The fourth-order valence-electron chi connectivity index (χ4n) is 3.68. The summed E-state index contributed by atoms with van der Waals surface area (Å²) < 4.78 is 7.13. The molecule has 7 heteroatoms. The van der Waals surface area contributed by atoms with Crippen LogP contribution in [0.15, 0.2) is 61.1 Å². The van der Waals surface area contributed by atoms with Gasteiger partial charge in [0, 0.05) is 49.8 Å². The van der Waals surface area contributed by atoms with Crippen molar-refractivity contribution in [2.75, 3.05) is 19.8 Å². The van der Waals surface area contributed by atoms with Crippen molar-refractivity contribution in [1.29, 1.82) is 5.41 Å². The predicted octanol–water partition coefficient (Wildman–Crippen LogP) is 3.21. The van der Waals surface area contributed by atoms with E-state index in [0.717, 1.165) is 41.0 Å². The Labute approximate surface area is 181 Å². The van der Waals surface area contributed by atoms with Gasteiger partial charge in [0.25, 0.3) is 5.91 Å². The lowest BCUT2D eigenvalue weighted by atomic mass is 9.99. The second-order valence-electron chi connectivity index (χ2n) is 7.88. The number of nitrogens with zero attached hydrogens (tertiary/aromatic N) is 2. The van der Waals surface area contributed by atoms with E-state index >= 15 is 0 Å². The Kier molecular flexibility index (Phi) is 6.43. The van der Waals surface area contributed by atoms with Gasteiger partial charge in [-0.25, -0.2) is 0 Å². The largest absolute Gasteiger partial charge is 0.381 e. The van der Waals surface area contributed by atoms with Crippen LogP contribution in [0.2, 0.25) is 0 Å². The molecule has 0 bridgehead atoms. The van der Waals surface area contributed by atoms with Crippen molar-refractivity contribution in [3.05, 3.63) is 72.3 Å². The van der Waals surface area contributed by atoms with Crippen LogP contribution in [0.5, 0.6) is 0 Å². The molecule has 3 heterocycles. The molecule has 0 saturated carbocycles. The van der Waals surface area contributed by atoms with Crippen LogP contribution in [0.25, 0.3) is 16.7 Å². The van der Waals surface area contributed by atoms with Crippen LogP contribution in [0.4, 0.5) is 0 Å². The number of carbonyl (C=O) groups is 1. The van der Waals surface area contributed by atoms with Crippen molar-refractivity contribution in [2.45, 2.75) is 12.8 Å². The molecule has 0 spiro atoms. The fraction of sp³-hybridized carbons (Fsp3) is 0.292. The molecule has 2 aromatic heterocycles. The maximum absolute atomic E-state index is 12.4. The maximum atomic E-state index is 12.4. The van der Waals surface area contributed by atoms with E-state index < -0.39 is 0 Å². The Morgan fingerprint density at radius 2 is 2.16 bits per heavy atom. The zero-order valence-electron chi connectivity index (χ0n) is 17.6. The van der Waals surface area contributed by atoms with Gasteiger partial charge < -0.3 is 15.0 Å². The van der Waals surface area contributed by atoms with E-state index in [9.17, 15) is 4.79 Å². The van der Waals surface area contributed by atoms with Gasteiger partial charge in [0.05, 0.1) is 12.8 Å². The highest BCUT2D eigenvalue weighted by atomic mass is 16.5. The van der Waals surface area contributed by atoms with E-state index in [0.29, 0.717) is 25.5 Å². The molecule has 1 aliphatic rings. The fourth-order valence-corrected chi connectivity index (χ4v) is 3.68. The number of amides is 1. The summed E-state index contributed by atoms with van der Waals surface area (Å²) in [6.07, 6.45) is 8.89. The van der Waals surface area contributed by atoms with Crippen LogP contribution in [0.1, 0.15) is 17.7 Å². The van der Waals surface area contributed by atoms with E-state index in [1.807, 2.05) is 37.8 Å². The second-order valence-corrected chi connectivity index (χ2v) is 7.88. The highest BCUT2D eigenvalue weighted by Crippen LogP contribution is 2.23. The molecule has 7 nitrogen and oxygen atoms in total. The molecule has 1 amide bonds. The summed E-state index contributed by atoms with van der Waals surface area (Å²) in [5.41, 5.74) is 5.02. The molecule has 0 aliphatic carbocycles. The van der Waals surface area contributed by atoms with Gasteiger partial charge in [0.2, 0.25) is 0 Å². The van der Waals surface area contributed by atoms with Crippen molar-refractivity contribution in [3.63, 3.8) is 0 Å². The number of aryl methyl sites for hydroxylation is 1. The average Bonchev–Trinajstić information content (AvgIpc) is 3.54. The third kappa shape index (κ3) is 5.38. The molecule has 1 saturated heterocycles. The summed E-state index contributed by atoms with van der Waals surface area (Å²) in [7, 11) is 1.90. The molecule has 1 atom stereocenters. The smallest absolute Gasteiger partial charge is 0.269 e. The Bertz CT molecular complexity index is 1060. The van der Waals surface area contributed by atoms with Crippen molar-refractivity contribution in [2.24, 2.45) is 13.0 Å². The molecule has 1 unspecified atom stereocenters. The number of carbonyl (C=O) groups excluding carboxylic acids is 1. The van der Waals surface area contributed by atoms with Crippen molar-refractivity contribution in [1.82, 2.24) is 20.1 Å². The number of hydrogen-bond donors (Lipinski definition) is 3. The predicted molar refractivity (Wildman–Crippen MR) is 121 cm³/mol. The molecule has 1 aliphatic heterocycles. The molecule has 4 rings (SSSR count). The zero-order chi connectivity index (χ0) is 21.6. The number of allylic oxidation sites excluding steroid dienone is 1. The second kappa shape index (κ2) is 9.57. The van der Waals surface area contributed by atoms with Crippen LogP contribution in [0.3, 0.4) is 0 Å². The highest BCUT2D eigenvalue weighted by Gasteiger charge is 2.18. The number of hydrogen-bond acceptors (Lipinski definition) is 4. The van der Waals surface area contributed by atoms with E-state index in [1.54, 1.807) is 10.8 Å². The molecular weight excluding hydrogens is 390 g/mol. The van der Waals surface area contributed by atoms with Crippen LogP contribution in [-0.2, 0) is 23.0 Å². The summed E-state index contributed by atoms with van der Waals surface area (Å²) in [5.74, 6) is -0.0233. The van der Waals surface area contributed by atoms with Crippen molar-refractivity contribution < 1.29 is 9.53 Å². The minimum Gasteiger partial charge on any atom is -0.381 e. The number of aromatic nitrogens is 3. The Morgan fingerprint density at radius 3 is 2.81 bits per heavy atom. The lowest BCUT2D eigenvalue weighted by Crippen LogP contribution is -2.34. The highest BCUT2D eigenvalue weighted by molar-refractivity contribution is 6.43. The molecular formula is C24H27N5O2.